The summed E-state index contributed by atoms with van der Waals surface area (Å²) in [6, 6.07) is 2.09. The highest BCUT2D eigenvalue weighted by atomic mass is 19.2. The van der Waals surface area contributed by atoms with Crippen LogP contribution >= 0.6 is 0 Å². The number of halogens is 2. The van der Waals surface area contributed by atoms with Crippen LogP contribution in [0.3, 0.4) is 0 Å². The Balaban J connectivity index is 1.62. The number of carbonyl (C=O) groups is 2. The van der Waals surface area contributed by atoms with Crippen LogP contribution in [0.1, 0.15) is 24.4 Å². The summed E-state index contributed by atoms with van der Waals surface area (Å²) in [7, 11) is 0. The third kappa shape index (κ3) is 2.86. The zero-order valence-electron chi connectivity index (χ0n) is 13.4. The predicted octanol–water partition coefficient (Wildman–Crippen LogP) is 1.59. The van der Waals surface area contributed by atoms with Gasteiger partial charge in [0.05, 0.1) is 30.0 Å². The van der Waals surface area contributed by atoms with Gasteiger partial charge in [0.2, 0.25) is 0 Å². The lowest BCUT2D eigenvalue weighted by Gasteiger charge is -2.25. The highest BCUT2D eigenvalue weighted by Gasteiger charge is 2.41. The Labute approximate surface area is 142 Å². The summed E-state index contributed by atoms with van der Waals surface area (Å²) in [5, 5.41) is 5.27. The van der Waals surface area contributed by atoms with E-state index in [1.165, 1.54) is 6.07 Å². The molecule has 1 fully saturated rings. The van der Waals surface area contributed by atoms with Crippen molar-refractivity contribution in [2.24, 2.45) is 0 Å². The molecule has 2 atom stereocenters. The van der Waals surface area contributed by atoms with Gasteiger partial charge in [0.1, 0.15) is 0 Å². The normalized spacial score (nSPS) is 25.9. The molecule has 2 N–H and O–H groups in total. The molecule has 3 heterocycles. The number of urea groups is 1. The fourth-order valence-electron chi connectivity index (χ4n) is 3.55. The van der Waals surface area contributed by atoms with Gasteiger partial charge in [0, 0.05) is 13.2 Å². The van der Waals surface area contributed by atoms with E-state index in [-0.39, 0.29) is 18.6 Å². The fourth-order valence-corrected chi connectivity index (χ4v) is 3.55. The highest BCUT2D eigenvalue weighted by Crippen LogP contribution is 2.33. The maximum atomic E-state index is 13.6. The zero-order valence-corrected chi connectivity index (χ0v) is 13.4. The van der Waals surface area contributed by atoms with E-state index in [0.29, 0.717) is 30.0 Å². The smallest absolute Gasteiger partial charge is 0.319 e. The van der Waals surface area contributed by atoms with Crippen LogP contribution in [0.25, 0.3) is 0 Å². The molecule has 0 unspecified atom stereocenters. The van der Waals surface area contributed by atoms with Gasteiger partial charge in [-0.15, -0.1) is 0 Å². The largest absolute Gasteiger partial charge is 0.376 e. The third-order valence-electron chi connectivity index (χ3n) is 4.75. The summed E-state index contributed by atoms with van der Waals surface area (Å²) in [5.41, 5.74) is 1.19. The standard InChI is InChI=1S/C17H17F2N3O3/c18-11-4-3-9(6-12(11)19)15-14-13(20-17(24)21-15)8-22(16(14)23)7-10-2-1-5-25-10/h3-4,6,10,15H,1-2,5,7-8H2,(H2,20,21,24)/t10-,15-/m0/s1. The second-order valence-electron chi connectivity index (χ2n) is 6.42. The summed E-state index contributed by atoms with van der Waals surface area (Å²) in [5.74, 6) is -2.22. The Bertz CT molecular complexity index is 774. The van der Waals surface area contributed by atoms with E-state index in [9.17, 15) is 18.4 Å². The van der Waals surface area contributed by atoms with Crippen LogP contribution in [0, 0.1) is 11.6 Å². The van der Waals surface area contributed by atoms with Crippen molar-refractivity contribution >= 4 is 11.9 Å². The van der Waals surface area contributed by atoms with Gasteiger partial charge < -0.3 is 20.3 Å². The SMILES string of the molecule is O=C1NC2=C(C(=O)N(C[C@@H]3CCCO3)C2)[C@H](c2ccc(F)c(F)c2)N1. The first kappa shape index (κ1) is 16.0. The Hall–Kier alpha value is -2.48. The van der Waals surface area contributed by atoms with Crippen LogP contribution in [0.2, 0.25) is 0 Å². The van der Waals surface area contributed by atoms with Gasteiger partial charge in [-0.1, -0.05) is 6.07 Å². The molecule has 3 aliphatic rings. The first-order valence-corrected chi connectivity index (χ1v) is 8.19. The number of nitrogens with one attached hydrogen (secondary N) is 2. The number of nitrogens with zero attached hydrogens (tertiary/aromatic N) is 1. The van der Waals surface area contributed by atoms with Gasteiger partial charge in [0.15, 0.2) is 11.6 Å². The first-order chi connectivity index (χ1) is 12.0. The molecular formula is C17H17F2N3O3. The Morgan fingerprint density at radius 2 is 2.08 bits per heavy atom. The van der Waals surface area contributed by atoms with Gasteiger partial charge in [-0.05, 0) is 30.5 Å². The molecule has 0 aromatic heterocycles. The Morgan fingerprint density at radius 3 is 2.80 bits per heavy atom. The van der Waals surface area contributed by atoms with Gasteiger partial charge in [0.25, 0.3) is 5.91 Å². The van der Waals surface area contributed by atoms with Crippen LogP contribution in [0.4, 0.5) is 13.6 Å². The number of ether oxygens (including phenoxy) is 1. The van der Waals surface area contributed by atoms with E-state index < -0.39 is 23.7 Å². The quantitative estimate of drug-likeness (QED) is 0.871. The molecular weight excluding hydrogens is 332 g/mol. The zero-order chi connectivity index (χ0) is 17.6. The molecule has 0 saturated carbocycles. The van der Waals surface area contributed by atoms with Crippen LogP contribution in [0.5, 0.6) is 0 Å². The number of amides is 3. The van der Waals surface area contributed by atoms with Crippen molar-refractivity contribution in [2.75, 3.05) is 19.7 Å². The van der Waals surface area contributed by atoms with Gasteiger partial charge >= 0.3 is 6.03 Å². The third-order valence-corrected chi connectivity index (χ3v) is 4.75. The lowest BCUT2D eigenvalue weighted by Crippen LogP contribution is -2.44. The molecule has 0 bridgehead atoms. The van der Waals surface area contributed by atoms with Crippen molar-refractivity contribution < 1.29 is 23.1 Å². The molecule has 0 aliphatic carbocycles. The number of rotatable bonds is 3. The van der Waals surface area contributed by atoms with Gasteiger partial charge in [-0.25, -0.2) is 13.6 Å². The minimum Gasteiger partial charge on any atom is -0.376 e. The van der Waals surface area contributed by atoms with Crippen molar-refractivity contribution in [3.8, 4) is 0 Å². The molecule has 3 aliphatic heterocycles. The van der Waals surface area contributed by atoms with Gasteiger partial charge in [-0.2, -0.15) is 0 Å². The maximum absolute atomic E-state index is 13.6. The van der Waals surface area contributed by atoms with Crippen LogP contribution in [0.15, 0.2) is 29.5 Å². The molecule has 8 heteroatoms. The lowest BCUT2D eigenvalue weighted by atomic mass is 9.96. The van der Waals surface area contributed by atoms with Crippen molar-refractivity contribution in [1.82, 2.24) is 15.5 Å². The molecule has 0 spiro atoms. The first-order valence-electron chi connectivity index (χ1n) is 8.19. The van der Waals surface area contributed by atoms with Crippen LogP contribution in [-0.2, 0) is 9.53 Å². The van der Waals surface area contributed by atoms with Crippen LogP contribution < -0.4 is 10.6 Å². The van der Waals surface area contributed by atoms with E-state index in [1.54, 1.807) is 4.90 Å². The van der Waals surface area contributed by atoms with Crippen molar-refractivity contribution in [2.45, 2.75) is 25.0 Å². The lowest BCUT2D eigenvalue weighted by molar-refractivity contribution is -0.127. The monoisotopic (exact) mass is 349 g/mol. The summed E-state index contributed by atoms with van der Waals surface area (Å²) in [6.07, 6.45) is 1.86. The minimum absolute atomic E-state index is 0.00400. The topological polar surface area (TPSA) is 70.7 Å². The number of benzene rings is 1. The molecule has 25 heavy (non-hydrogen) atoms. The fraction of sp³-hybridized carbons (Fsp3) is 0.412. The Kier molecular flexibility index (Phi) is 3.91. The summed E-state index contributed by atoms with van der Waals surface area (Å²) in [6.45, 7) is 1.42. The average molecular weight is 349 g/mol. The predicted molar refractivity (Wildman–Crippen MR) is 83.3 cm³/mol. The van der Waals surface area contributed by atoms with E-state index in [1.807, 2.05) is 0 Å². The van der Waals surface area contributed by atoms with E-state index in [0.717, 1.165) is 25.0 Å². The number of carbonyl (C=O) groups excluding carboxylic acids is 2. The van der Waals surface area contributed by atoms with E-state index >= 15 is 0 Å². The summed E-state index contributed by atoms with van der Waals surface area (Å²) < 4.78 is 32.4. The molecule has 6 nitrogen and oxygen atoms in total. The second kappa shape index (κ2) is 6.11. The van der Waals surface area contributed by atoms with Gasteiger partial charge in [-0.3, -0.25) is 4.79 Å². The molecule has 1 saturated heterocycles. The van der Waals surface area contributed by atoms with Crippen molar-refractivity contribution in [3.05, 3.63) is 46.7 Å². The number of hydrogen-bond acceptors (Lipinski definition) is 3. The molecule has 1 aromatic carbocycles. The molecule has 4 rings (SSSR count). The summed E-state index contributed by atoms with van der Waals surface area (Å²) in [4.78, 5) is 26.4. The molecule has 1 aromatic rings. The molecule has 3 amide bonds. The maximum Gasteiger partial charge on any atom is 0.319 e. The summed E-state index contributed by atoms with van der Waals surface area (Å²) >= 11 is 0. The van der Waals surface area contributed by atoms with E-state index in [2.05, 4.69) is 10.6 Å². The molecule has 0 radical (unpaired) electrons. The number of hydrogen-bond donors (Lipinski definition) is 2. The minimum atomic E-state index is -1.02. The Morgan fingerprint density at radius 1 is 1.24 bits per heavy atom. The molecule has 132 valence electrons. The second-order valence-corrected chi connectivity index (χ2v) is 6.42. The van der Waals surface area contributed by atoms with E-state index in [4.69, 9.17) is 4.74 Å². The highest BCUT2D eigenvalue weighted by molar-refractivity contribution is 6.01. The van der Waals surface area contributed by atoms with Crippen molar-refractivity contribution in [3.63, 3.8) is 0 Å². The van der Waals surface area contributed by atoms with Crippen LogP contribution in [-0.4, -0.2) is 42.6 Å². The van der Waals surface area contributed by atoms with Crippen molar-refractivity contribution in [1.29, 1.82) is 0 Å². The average Bonchev–Trinajstić information content (AvgIpc) is 3.18.